The molecule has 0 bridgehead atoms. The molecule has 0 radical (unpaired) electrons. The molecule has 1 aliphatic rings. The molecule has 0 saturated carbocycles. The zero-order chi connectivity index (χ0) is 24.6. The van der Waals surface area contributed by atoms with E-state index >= 15 is 0 Å². The molecule has 0 amide bonds. The molecule has 6 heteroatoms. The van der Waals surface area contributed by atoms with Gasteiger partial charge in [0.05, 0.1) is 11.7 Å². The Labute approximate surface area is 200 Å². The van der Waals surface area contributed by atoms with Gasteiger partial charge in [-0.05, 0) is 88.4 Å². The lowest BCUT2D eigenvalue weighted by Crippen LogP contribution is -2.50. The van der Waals surface area contributed by atoms with Crippen molar-refractivity contribution >= 4 is 29.1 Å². The van der Waals surface area contributed by atoms with E-state index in [-0.39, 0.29) is 17.6 Å². The van der Waals surface area contributed by atoms with Crippen molar-refractivity contribution in [3.8, 4) is 11.1 Å². The Morgan fingerprint density at radius 2 is 1.61 bits per heavy atom. The summed E-state index contributed by atoms with van der Waals surface area (Å²) in [6.45, 7) is 12.5. The Bertz CT molecular complexity index is 1090. The maximum Gasteiger partial charge on any atom is 0.513 e. The second kappa shape index (κ2) is 9.32. The third-order valence-electron chi connectivity index (χ3n) is 5.51. The predicted octanol–water partition coefficient (Wildman–Crippen LogP) is 7.00. The highest BCUT2D eigenvalue weighted by molar-refractivity contribution is 6.30. The average Bonchev–Trinajstić information content (AvgIpc) is 2.71. The fourth-order valence-electron chi connectivity index (χ4n) is 4.09. The molecule has 0 fully saturated rings. The molecule has 3 rings (SSSR count). The number of aryl methyl sites for hydroxylation is 1. The van der Waals surface area contributed by atoms with Gasteiger partial charge in [0.25, 0.3) is 0 Å². The van der Waals surface area contributed by atoms with Crippen LogP contribution in [0.3, 0.4) is 0 Å². The van der Waals surface area contributed by atoms with Crippen LogP contribution in [-0.4, -0.2) is 29.2 Å². The van der Waals surface area contributed by atoms with Crippen molar-refractivity contribution in [2.45, 2.75) is 72.2 Å². The van der Waals surface area contributed by atoms with Crippen LogP contribution in [0.15, 0.2) is 48.2 Å². The summed E-state index contributed by atoms with van der Waals surface area (Å²) in [5.41, 5.74) is 1.76. The molecule has 0 N–H and O–H groups in total. The molecule has 0 spiro atoms. The standard InChI is InChI=1S/C27H31ClO5/c1-8-17-9-10-19(18-11-13-20(28)14-12-18)15-21(17)22-23(29)26(4,5)33-27(6,7)24(22)32-25(30)31-16(2)3/h9-16H,8H2,1-7H3. The highest BCUT2D eigenvalue weighted by Gasteiger charge is 2.49. The minimum atomic E-state index is -1.10. The van der Waals surface area contributed by atoms with E-state index in [9.17, 15) is 9.59 Å². The molecule has 176 valence electrons. The number of Topliss-reactive ketones (excluding diaryl/α,β-unsaturated/α-hetero) is 1. The molecule has 0 aliphatic carbocycles. The van der Waals surface area contributed by atoms with E-state index in [1.807, 2.05) is 49.4 Å². The second-order valence-corrected chi connectivity index (χ2v) is 9.84. The summed E-state index contributed by atoms with van der Waals surface area (Å²) >= 11 is 6.06. The van der Waals surface area contributed by atoms with Crippen molar-refractivity contribution in [1.82, 2.24) is 0 Å². The minimum absolute atomic E-state index is 0.153. The van der Waals surface area contributed by atoms with Gasteiger partial charge in [-0.25, -0.2) is 4.79 Å². The van der Waals surface area contributed by atoms with Crippen molar-refractivity contribution in [2.75, 3.05) is 0 Å². The second-order valence-electron chi connectivity index (χ2n) is 9.41. The minimum Gasteiger partial charge on any atom is -0.431 e. The Morgan fingerprint density at radius 3 is 2.18 bits per heavy atom. The van der Waals surface area contributed by atoms with Crippen LogP contribution in [-0.2, 0) is 25.4 Å². The molecule has 0 unspecified atom stereocenters. The van der Waals surface area contributed by atoms with Crippen LogP contribution in [0.5, 0.6) is 0 Å². The summed E-state index contributed by atoms with van der Waals surface area (Å²) in [7, 11) is 0. The van der Waals surface area contributed by atoms with E-state index in [1.165, 1.54) is 0 Å². The van der Waals surface area contributed by atoms with Gasteiger partial charge in [0.1, 0.15) is 11.2 Å². The van der Waals surface area contributed by atoms with Gasteiger partial charge in [-0.3, -0.25) is 4.79 Å². The zero-order valence-electron chi connectivity index (χ0n) is 20.2. The fraction of sp³-hybridized carbons (Fsp3) is 0.407. The number of ketones is 1. The Hall–Kier alpha value is -2.63. The van der Waals surface area contributed by atoms with Crippen molar-refractivity contribution in [3.63, 3.8) is 0 Å². The fourth-order valence-corrected chi connectivity index (χ4v) is 4.22. The number of hydrogen-bond acceptors (Lipinski definition) is 5. The maximum atomic E-state index is 13.7. The summed E-state index contributed by atoms with van der Waals surface area (Å²) in [6, 6.07) is 13.5. The number of hydrogen-bond donors (Lipinski definition) is 0. The van der Waals surface area contributed by atoms with Gasteiger partial charge in [-0.15, -0.1) is 0 Å². The summed E-state index contributed by atoms with van der Waals surface area (Å²) in [5.74, 6) is -0.0995. The van der Waals surface area contributed by atoms with Gasteiger partial charge in [0, 0.05) is 5.02 Å². The molecule has 0 aromatic heterocycles. The summed E-state index contributed by atoms with van der Waals surface area (Å²) in [5, 5.41) is 0.648. The van der Waals surface area contributed by atoms with E-state index in [2.05, 4.69) is 0 Å². The first kappa shape index (κ1) is 25.0. The van der Waals surface area contributed by atoms with Crippen molar-refractivity contribution in [3.05, 3.63) is 64.4 Å². The van der Waals surface area contributed by atoms with Crippen LogP contribution in [0, 0.1) is 0 Å². The molecular formula is C27H31ClO5. The SMILES string of the molecule is CCc1ccc(-c2ccc(Cl)cc2)cc1C1=C(OC(=O)OC(C)C)C(C)(C)OC(C)(C)C1=O. The van der Waals surface area contributed by atoms with Crippen LogP contribution in [0.2, 0.25) is 5.02 Å². The van der Waals surface area contributed by atoms with Crippen LogP contribution < -0.4 is 0 Å². The number of halogens is 1. The van der Waals surface area contributed by atoms with E-state index < -0.39 is 17.4 Å². The largest absolute Gasteiger partial charge is 0.513 e. The lowest BCUT2D eigenvalue weighted by atomic mass is 9.80. The number of ether oxygens (including phenoxy) is 3. The summed E-state index contributed by atoms with van der Waals surface area (Å²) < 4.78 is 17.0. The normalized spacial score (nSPS) is 17.3. The molecule has 2 aromatic carbocycles. The first-order chi connectivity index (χ1) is 15.4. The molecule has 0 saturated heterocycles. The molecule has 2 aromatic rings. The number of carbonyl (C=O) groups is 2. The van der Waals surface area contributed by atoms with Gasteiger partial charge >= 0.3 is 6.16 Å². The summed E-state index contributed by atoms with van der Waals surface area (Å²) in [6.07, 6.45) is -0.535. The number of rotatable bonds is 5. The molecule has 0 atom stereocenters. The van der Waals surface area contributed by atoms with Crippen LogP contribution in [0.1, 0.15) is 59.6 Å². The van der Waals surface area contributed by atoms with E-state index in [4.69, 9.17) is 25.8 Å². The average molecular weight is 471 g/mol. The third kappa shape index (κ3) is 5.31. The quantitative estimate of drug-likeness (QED) is 0.440. The van der Waals surface area contributed by atoms with Gasteiger partial charge in [0.15, 0.2) is 11.5 Å². The third-order valence-corrected chi connectivity index (χ3v) is 5.77. The van der Waals surface area contributed by atoms with Gasteiger partial charge < -0.3 is 14.2 Å². The zero-order valence-corrected chi connectivity index (χ0v) is 21.0. The topological polar surface area (TPSA) is 61.8 Å². The lowest BCUT2D eigenvalue weighted by Gasteiger charge is -2.42. The van der Waals surface area contributed by atoms with Gasteiger partial charge in [-0.1, -0.05) is 42.8 Å². The van der Waals surface area contributed by atoms with Crippen LogP contribution >= 0.6 is 11.6 Å². The van der Waals surface area contributed by atoms with E-state index in [1.54, 1.807) is 41.5 Å². The molecule has 1 heterocycles. The highest BCUT2D eigenvalue weighted by Crippen LogP contribution is 2.43. The van der Waals surface area contributed by atoms with E-state index in [0.717, 1.165) is 16.7 Å². The monoisotopic (exact) mass is 470 g/mol. The van der Waals surface area contributed by atoms with Gasteiger partial charge in [0.2, 0.25) is 0 Å². The molecule has 1 aliphatic heterocycles. The number of carbonyl (C=O) groups excluding carboxylic acids is 2. The predicted molar refractivity (Wildman–Crippen MR) is 130 cm³/mol. The summed E-state index contributed by atoms with van der Waals surface area (Å²) in [4.78, 5) is 26.1. The van der Waals surface area contributed by atoms with Crippen molar-refractivity contribution in [1.29, 1.82) is 0 Å². The van der Waals surface area contributed by atoms with Gasteiger partial charge in [-0.2, -0.15) is 0 Å². The Balaban J connectivity index is 2.26. The van der Waals surface area contributed by atoms with Crippen molar-refractivity contribution < 1.29 is 23.8 Å². The number of benzene rings is 2. The van der Waals surface area contributed by atoms with Crippen LogP contribution in [0.4, 0.5) is 4.79 Å². The smallest absolute Gasteiger partial charge is 0.431 e. The molecular weight excluding hydrogens is 440 g/mol. The molecule has 5 nitrogen and oxygen atoms in total. The lowest BCUT2D eigenvalue weighted by molar-refractivity contribution is -0.159. The highest BCUT2D eigenvalue weighted by atomic mass is 35.5. The van der Waals surface area contributed by atoms with E-state index in [0.29, 0.717) is 22.6 Å². The Kier molecular flexibility index (Phi) is 7.06. The Morgan fingerprint density at radius 1 is 1.00 bits per heavy atom. The van der Waals surface area contributed by atoms with Crippen LogP contribution in [0.25, 0.3) is 16.7 Å². The first-order valence-electron chi connectivity index (χ1n) is 11.1. The maximum absolute atomic E-state index is 13.7. The van der Waals surface area contributed by atoms with Crippen molar-refractivity contribution in [2.24, 2.45) is 0 Å². The first-order valence-corrected chi connectivity index (χ1v) is 11.5. The molecule has 33 heavy (non-hydrogen) atoms.